The van der Waals surface area contributed by atoms with Gasteiger partial charge >= 0.3 is 0 Å². The first-order valence-corrected chi connectivity index (χ1v) is 6.57. The van der Waals surface area contributed by atoms with Crippen molar-refractivity contribution in [3.05, 3.63) is 60.6 Å². The van der Waals surface area contributed by atoms with Gasteiger partial charge in [-0.05, 0) is 24.3 Å². The fraction of sp³-hybridized carbons (Fsp3) is 0.188. The Labute approximate surface area is 124 Å². The van der Waals surface area contributed by atoms with Crippen molar-refractivity contribution in [2.75, 3.05) is 26.2 Å². The van der Waals surface area contributed by atoms with Gasteiger partial charge in [-0.3, -0.25) is 15.2 Å². The first-order valence-electron chi connectivity index (χ1n) is 6.57. The summed E-state index contributed by atoms with van der Waals surface area (Å²) in [6.45, 7) is 0. The van der Waals surface area contributed by atoms with Gasteiger partial charge in [0.25, 0.3) is 0 Å². The molecule has 0 aromatic heterocycles. The van der Waals surface area contributed by atoms with E-state index in [0.717, 1.165) is 11.4 Å². The highest BCUT2D eigenvalue weighted by atomic mass is 16.5. The van der Waals surface area contributed by atoms with Crippen LogP contribution in [0.25, 0.3) is 0 Å². The molecule has 0 saturated heterocycles. The second-order valence-corrected chi connectivity index (χ2v) is 4.75. The van der Waals surface area contributed by atoms with Crippen molar-refractivity contribution >= 4 is 11.5 Å². The molecule has 5 nitrogen and oxygen atoms in total. The number of hydrogen-bond donors (Lipinski definition) is 1. The van der Waals surface area contributed by atoms with E-state index in [2.05, 4.69) is 5.43 Å². The van der Waals surface area contributed by atoms with Gasteiger partial charge in [-0.1, -0.05) is 6.07 Å². The molecule has 0 amide bonds. The minimum Gasteiger partial charge on any atom is -0.497 e. The molecule has 0 fully saturated rings. The Balaban J connectivity index is 2.12. The quantitative estimate of drug-likeness (QED) is 0.839. The molecule has 110 valence electrons. The van der Waals surface area contributed by atoms with E-state index >= 15 is 0 Å². The summed E-state index contributed by atoms with van der Waals surface area (Å²) in [5.41, 5.74) is 4.48. The van der Waals surface area contributed by atoms with E-state index in [-0.39, 0.29) is 5.78 Å². The molecule has 1 heterocycles. The van der Waals surface area contributed by atoms with Crippen molar-refractivity contribution in [2.24, 2.45) is 0 Å². The van der Waals surface area contributed by atoms with Crippen molar-refractivity contribution in [1.82, 2.24) is 10.3 Å². The second-order valence-electron chi connectivity index (χ2n) is 4.75. The number of benzene rings is 1. The average molecular weight is 285 g/mol. The Morgan fingerprint density at radius 1 is 1.38 bits per heavy atom. The van der Waals surface area contributed by atoms with Gasteiger partial charge in [0.15, 0.2) is 0 Å². The van der Waals surface area contributed by atoms with E-state index in [1.165, 1.54) is 6.08 Å². The van der Waals surface area contributed by atoms with Gasteiger partial charge in [0.2, 0.25) is 5.78 Å². The number of hydrazine groups is 1. The zero-order valence-electron chi connectivity index (χ0n) is 12.4. The normalized spacial score (nSPS) is 13.9. The third-order valence-electron chi connectivity index (χ3n) is 2.86. The van der Waals surface area contributed by atoms with Gasteiger partial charge in [0.1, 0.15) is 11.4 Å². The number of nitrogens with one attached hydrogen (secondary N) is 1. The van der Waals surface area contributed by atoms with E-state index in [1.54, 1.807) is 24.4 Å². The average Bonchev–Trinajstić information content (AvgIpc) is 2.52. The fourth-order valence-corrected chi connectivity index (χ4v) is 1.78. The Morgan fingerprint density at radius 2 is 2.19 bits per heavy atom. The Kier molecular flexibility index (Phi) is 4.66. The number of nitrogens with zero attached hydrogens (tertiary/aromatic N) is 2. The predicted molar refractivity (Wildman–Crippen MR) is 83.7 cm³/mol. The Morgan fingerprint density at radius 3 is 2.90 bits per heavy atom. The van der Waals surface area contributed by atoms with Crippen LogP contribution in [0.1, 0.15) is 0 Å². The van der Waals surface area contributed by atoms with E-state index in [1.807, 2.05) is 55.5 Å². The molecule has 1 aliphatic heterocycles. The molecule has 2 rings (SSSR count). The predicted octanol–water partition coefficient (Wildman–Crippen LogP) is 2.06. The van der Waals surface area contributed by atoms with Gasteiger partial charge in [-0.2, -0.15) is 0 Å². The molecule has 0 aliphatic carbocycles. The highest BCUT2D eigenvalue weighted by molar-refractivity contribution is 6.04. The van der Waals surface area contributed by atoms with Gasteiger partial charge in [-0.15, -0.1) is 0 Å². The molecule has 0 atom stereocenters. The molecule has 0 bridgehead atoms. The summed E-state index contributed by atoms with van der Waals surface area (Å²) in [6, 6.07) is 7.59. The van der Waals surface area contributed by atoms with Crippen LogP contribution in [0.4, 0.5) is 5.69 Å². The summed E-state index contributed by atoms with van der Waals surface area (Å²) >= 11 is 0. The topological polar surface area (TPSA) is 44.8 Å². The Hall–Kier alpha value is -2.69. The van der Waals surface area contributed by atoms with E-state index in [9.17, 15) is 4.79 Å². The summed E-state index contributed by atoms with van der Waals surface area (Å²) in [6.07, 6.45) is 8.67. The molecule has 1 aromatic rings. The molecular formula is C16H19N3O2. The lowest BCUT2D eigenvalue weighted by molar-refractivity contribution is -0.111. The molecule has 1 N–H and O–H groups in total. The number of rotatable bonds is 5. The SMILES string of the molecule is COc1cccc(N2C=CC=C(C(=O)C=CN(C)C)N2)c1. The third-order valence-corrected chi connectivity index (χ3v) is 2.86. The maximum Gasteiger partial charge on any atom is 0.204 e. The second kappa shape index (κ2) is 6.65. The third kappa shape index (κ3) is 3.89. The number of allylic oxidation sites excluding steroid dienone is 3. The highest BCUT2D eigenvalue weighted by Gasteiger charge is 2.13. The zero-order valence-corrected chi connectivity index (χ0v) is 12.4. The molecule has 0 unspecified atom stereocenters. The van der Waals surface area contributed by atoms with Crippen LogP contribution in [0.2, 0.25) is 0 Å². The van der Waals surface area contributed by atoms with Crippen LogP contribution in [0.3, 0.4) is 0 Å². The van der Waals surface area contributed by atoms with Crippen molar-refractivity contribution in [1.29, 1.82) is 0 Å². The smallest absolute Gasteiger partial charge is 0.204 e. The van der Waals surface area contributed by atoms with Gasteiger partial charge in [0, 0.05) is 38.6 Å². The first kappa shape index (κ1) is 14.7. The molecule has 21 heavy (non-hydrogen) atoms. The fourth-order valence-electron chi connectivity index (χ4n) is 1.78. The van der Waals surface area contributed by atoms with Crippen molar-refractivity contribution in [3.8, 4) is 5.75 Å². The number of carbonyl (C=O) groups excluding carboxylic acids is 1. The largest absolute Gasteiger partial charge is 0.497 e. The van der Waals surface area contributed by atoms with Crippen molar-refractivity contribution < 1.29 is 9.53 Å². The van der Waals surface area contributed by atoms with Crippen LogP contribution < -0.4 is 15.2 Å². The van der Waals surface area contributed by atoms with Crippen LogP contribution in [0.15, 0.2) is 60.6 Å². The summed E-state index contributed by atoms with van der Waals surface area (Å²) in [7, 11) is 5.36. The van der Waals surface area contributed by atoms with Gasteiger partial charge < -0.3 is 9.64 Å². The number of anilines is 1. The minimum atomic E-state index is -0.0825. The summed E-state index contributed by atoms with van der Waals surface area (Å²) in [4.78, 5) is 13.9. The van der Waals surface area contributed by atoms with Crippen molar-refractivity contribution in [2.45, 2.75) is 0 Å². The number of carbonyl (C=O) groups is 1. The number of ketones is 1. The number of ether oxygens (including phenoxy) is 1. The van der Waals surface area contributed by atoms with Crippen LogP contribution in [-0.4, -0.2) is 31.9 Å². The van der Waals surface area contributed by atoms with Gasteiger partial charge in [-0.25, -0.2) is 0 Å². The minimum absolute atomic E-state index is 0.0825. The summed E-state index contributed by atoms with van der Waals surface area (Å²) < 4.78 is 5.21. The standard InChI is InChI=1S/C16H19N3O2/c1-18(2)11-9-16(20)15-8-5-10-19(17-15)13-6-4-7-14(12-13)21-3/h4-12,17H,1-3H3. The lowest BCUT2D eigenvalue weighted by Gasteiger charge is -2.26. The molecule has 1 aliphatic rings. The van der Waals surface area contributed by atoms with Crippen LogP contribution >= 0.6 is 0 Å². The molecule has 1 aromatic carbocycles. The van der Waals surface area contributed by atoms with E-state index in [4.69, 9.17) is 4.74 Å². The summed E-state index contributed by atoms with van der Waals surface area (Å²) in [5, 5.41) is 1.78. The monoisotopic (exact) mass is 285 g/mol. The molecule has 0 radical (unpaired) electrons. The lowest BCUT2D eigenvalue weighted by atomic mass is 10.2. The van der Waals surface area contributed by atoms with Crippen LogP contribution in [0.5, 0.6) is 5.75 Å². The highest BCUT2D eigenvalue weighted by Crippen LogP contribution is 2.21. The zero-order chi connectivity index (χ0) is 15.2. The first-order chi connectivity index (χ1) is 10.1. The molecule has 5 heteroatoms. The Bertz CT molecular complexity index is 603. The summed E-state index contributed by atoms with van der Waals surface area (Å²) in [5.74, 6) is 0.679. The number of hydrogen-bond acceptors (Lipinski definition) is 5. The lowest BCUT2D eigenvalue weighted by Crippen LogP contribution is -2.37. The maximum absolute atomic E-state index is 12.1. The maximum atomic E-state index is 12.1. The van der Waals surface area contributed by atoms with Crippen LogP contribution in [-0.2, 0) is 4.79 Å². The van der Waals surface area contributed by atoms with Crippen LogP contribution in [0, 0.1) is 0 Å². The number of methoxy groups -OCH3 is 1. The molecule has 0 spiro atoms. The van der Waals surface area contributed by atoms with E-state index < -0.39 is 0 Å². The molecule has 0 saturated carbocycles. The molecular weight excluding hydrogens is 266 g/mol. The van der Waals surface area contributed by atoms with Crippen molar-refractivity contribution in [3.63, 3.8) is 0 Å². The van der Waals surface area contributed by atoms with Gasteiger partial charge in [0.05, 0.1) is 12.8 Å². The van der Waals surface area contributed by atoms with E-state index in [0.29, 0.717) is 5.70 Å².